The van der Waals surface area contributed by atoms with Crippen LogP contribution in [0, 0.1) is 0 Å². The second kappa shape index (κ2) is 8.57. The van der Waals surface area contributed by atoms with Crippen LogP contribution in [0.4, 0.5) is 18.9 Å². The number of unbranched alkanes of at least 4 members (excludes halogenated alkanes) is 1. The molecule has 8 heteroatoms. The molecule has 0 radical (unpaired) electrons. The molecule has 0 atom stereocenters. The van der Waals surface area contributed by atoms with Crippen molar-refractivity contribution in [2.45, 2.75) is 19.0 Å². The first-order valence-electron chi connectivity index (χ1n) is 6.75. The van der Waals surface area contributed by atoms with E-state index in [9.17, 15) is 22.8 Å². The van der Waals surface area contributed by atoms with Gasteiger partial charge in [-0.1, -0.05) is 6.08 Å². The summed E-state index contributed by atoms with van der Waals surface area (Å²) in [7, 11) is 0. The van der Waals surface area contributed by atoms with Gasteiger partial charge in [-0.3, -0.25) is 9.59 Å². The van der Waals surface area contributed by atoms with E-state index in [0.717, 1.165) is 12.1 Å². The zero-order chi connectivity index (χ0) is 17.5. The van der Waals surface area contributed by atoms with Gasteiger partial charge in [0.1, 0.15) is 5.88 Å². The van der Waals surface area contributed by atoms with Crippen LogP contribution >= 0.6 is 11.6 Å². The fourth-order valence-electron chi connectivity index (χ4n) is 1.74. The molecule has 0 spiro atoms. The Morgan fingerprint density at radius 2 is 1.96 bits per heavy atom. The number of halogens is 4. The summed E-state index contributed by atoms with van der Waals surface area (Å²) >= 11 is 5.31. The molecule has 0 saturated heterocycles. The molecular formula is C15H16ClF3N2O2. The highest BCUT2D eigenvalue weighted by molar-refractivity contribution is 6.29. The number of nitrogens with one attached hydrogen (secondary N) is 2. The number of amides is 2. The molecule has 0 saturated carbocycles. The Bertz CT molecular complexity index is 589. The third kappa shape index (κ3) is 6.32. The van der Waals surface area contributed by atoms with Crippen molar-refractivity contribution < 1.29 is 22.8 Å². The van der Waals surface area contributed by atoms with Gasteiger partial charge >= 0.3 is 6.18 Å². The minimum Gasteiger partial charge on any atom is -0.352 e. The van der Waals surface area contributed by atoms with Crippen LogP contribution in [0.5, 0.6) is 0 Å². The lowest BCUT2D eigenvalue weighted by atomic mass is 10.1. The van der Waals surface area contributed by atoms with Crippen LogP contribution in [0.3, 0.4) is 0 Å². The molecule has 1 aromatic carbocycles. The summed E-state index contributed by atoms with van der Waals surface area (Å²) in [6.45, 7) is 3.84. The zero-order valence-electron chi connectivity index (χ0n) is 12.2. The predicted molar refractivity (Wildman–Crippen MR) is 82.6 cm³/mol. The fraction of sp³-hybridized carbons (Fsp3) is 0.333. The first-order valence-corrected chi connectivity index (χ1v) is 7.28. The number of carbonyl (C=O) groups excluding carboxylic acids is 2. The first kappa shape index (κ1) is 19.0. The van der Waals surface area contributed by atoms with Gasteiger partial charge < -0.3 is 10.6 Å². The molecule has 0 aromatic heterocycles. The minimum atomic E-state index is -4.64. The predicted octanol–water partition coefficient (Wildman–Crippen LogP) is 3.58. The van der Waals surface area contributed by atoms with Gasteiger partial charge in [-0.05, 0) is 31.0 Å². The lowest BCUT2D eigenvalue weighted by Crippen LogP contribution is -2.25. The largest absolute Gasteiger partial charge is 0.416 e. The standard InChI is InChI=1S/C15H16ClF3N2O2/c1-2-3-4-5-20-14(23)10-6-11(15(17,18)19)8-12(7-10)21-13(22)9-16/h2,6-8H,1,3-5,9H2,(H,20,23)(H,21,22). The van der Waals surface area contributed by atoms with E-state index in [4.69, 9.17) is 11.6 Å². The van der Waals surface area contributed by atoms with Crippen molar-refractivity contribution in [3.8, 4) is 0 Å². The maximum atomic E-state index is 12.9. The first-order chi connectivity index (χ1) is 10.8. The summed E-state index contributed by atoms with van der Waals surface area (Å²) < 4.78 is 38.7. The molecule has 0 bridgehead atoms. The van der Waals surface area contributed by atoms with Gasteiger partial charge in [0.05, 0.1) is 5.56 Å². The lowest BCUT2D eigenvalue weighted by molar-refractivity contribution is -0.137. The Morgan fingerprint density at radius 3 is 2.52 bits per heavy atom. The number of allylic oxidation sites excluding steroid dienone is 1. The Balaban J connectivity index is 3.00. The van der Waals surface area contributed by atoms with Crippen molar-refractivity contribution in [1.29, 1.82) is 0 Å². The molecular weight excluding hydrogens is 333 g/mol. The highest BCUT2D eigenvalue weighted by Crippen LogP contribution is 2.32. The Hall–Kier alpha value is -2.02. The molecule has 1 rings (SSSR count). The minimum absolute atomic E-state index is 0.137. The van der Waals surface area contributed by atoms with Crippen LogP contribution < -0.4 is 10.6 Å². The van der Waals surface area contributed by atoms with E-state index in [-0.39, 0.29) is 11.3 Å². The van der Waals surface area contributed by atoms with Gasteiger partial charge in [0.25, 0.3) is 5.91 Å². The lowest BCUT2D eigenvalue weighted by Gasteiger charge is -2.13. The maximum Gasteiger partial charge on any atom is 0.416 e. The number of alkyl halides is 4. The van der Waals surface area contributed by atoms with Gasteiger partial charge in [-0.2, -0.15) is 13.2 Å². The molecule has 0 aliphatic heterocycles. The summed E-state index contributed by atoms with van der Waals surface area (Å²) in [5.74, 6) is -1.72. The molecule has 2 N–H and O–H groups in total. The molecule has 0 fully saturated rings. The van der Waals surface area contributed by atoms with E-state index >= 15 is 0 Å². The van der Waals surface area contributed by atoms with Crippen molar-refractivity contribution in [2.24, 2.45) is 0 Å². The van der Waals surface area contributed by atoms with E-state index in [1.807, 2.05) is 0 Å². The molecule has 0 aliphatic carbocycles. The molecule has 0 heterocycles. The van der Waals surface area contributed by atoms with Crippen molar-refractivity contribution in [3.05, 3.63) is 42.0 Å². The van der Waals surface area contributed by atoms with Crippen molar-refractivity contribution in [1.82, 2.24) is 5.32 Å². The van der Waals surface area contributed by atoms with E-state index in [2.05, 4.69) is 17.2 Å². The maximum absolute atomic E-state index is 12.9. The molecule has 23 heavy (non-hydrogen) atoms. The Morgan fingerprint density at radius 1 is 1.26 bits per heavy atom. The highest BCUT2D eigenvalue weighted by atomic mass is 35.5. The van der Waals surface area contributed by atoms with Crippen molar-refractivity contribution in [3.63, 3.8) is 0 Å². The molecule has 2 amide bonds. The van der Waals surface area contributed by atoms with E-state index in [0.29, 0.717) is 19.4 Å². The quantitative estimate of drug-likeness (QED) is 0.449. The Labute approximate surface area is 136 Å². The van der Waals surface area contributed by atoms with Crippen LogP contribution in [0.2, 0.25) is 0 Å². The summed E-state index contributed by atoms with van der Waals surface area (Å²) in [6.07, 6.45) is -1.65. The molecule has 0 unspecified atom stereocenters. The average molecular weight is 349 g/mol. The number of hydrogen-bond acceptors (Lipinski definition) is 2. The normalized spacial score (nSPS) is 11.0. The van der Waals surface area contributed by atoms with E-state index in [1.165, 1.54) is 6.07 Å². The number of anilines is 1. The van der Waals surface area contributed by atoms with Crippen LogP contribution in [0.1, 0.15) is 28.8 Å². The molecule has 0 aliphatic rings. The summed E-state index contributed by atoms with van der Waals surface area (Å²) in [5.41, 5.74) is -1.36. The zero-order valence-corrected chi connectivity index (χ0v) is 12.9. The second-order valence-electron chi connectivity index (χ2n) is 4.67. The van der Waals surface area contributed by atoms with Gasteiger partial charge in [0, 0.05) is 17.8 Å². The van der Waals surface area contributed by atoms with Crippen molar-refractivity contribution >= 4 is 29.1 Å². The SMILES string of the molecule is C=CCCCNC(=O)c1cc(NC(=O)CCl)cc(C(F)(F)F)c1. The van der Waals surface area contributed by atoms with Crippen LogP contribution in [-0.4, -0.2) is 24.2 Å². The molecule has 1 aromatic rings. The van der Waals surface area contributed by atoms with Crippen LogP contribution in [0.15, 0.2) is 30.9 Å². The third-order valence-electron chi connectivity index (χ3n) is 2.80. The second-order valence-corrected chi connectivity index (χ2v) is 4.93. The van der Waals surface area contributed by atoms with Gasteiger partial charge in [0.15, 0.2) is 0 Å². The van der Waals surface area contributed by atoms with E-state index < -0.39 is 29.4 Å². The number of rotatable bonds is 7. The highest BCUT2D eigenvalue weighted by Gasteiger charge is 2.32. The number of benzene rings is 1. The summed E-state index contributed by atoms with van der Waals surface area (Å²) in [4.78, 5) is 23.2. The average Bonchev–Trinajstić information content (AvgIpc) is 2.50. The number of hydrogen-bond donors (Lipinski definition) is 2. The van der Waals surface area contributed by atoms with Crippen LogP contribution in [-0.2, 0) is 11.0 Å². The Kier molecular flexibility index (Phi) is 7.09. The summed E-state index contributed by atoms with van der Waals surface area (Å²) in [5, 5.41) is 4.73. The van der Waals surface area contributed by atoms with Gasteiger partial charge in [-0.15, -0.1) is 18.2 Å². The summed E-state index contributed by atoms with van der Waals surface area (Å²) in [6, 6.07) is 2.65. The van der Waals surface area contributed by atoms with Crippen LogP contribution in [0.25, 0.3) is 0 Å². The monoisotopic (exact) mass is 348 g/mol. The van der Waals surface area contributed by atoms with Gasteiger partial charge in [0.2, 0.25) is 5.91 Å². The topological polar surface area (TPSA) is 58.2 Å². The van der Waals surface area contributed by atoms with E-state index in [1.54, 1.807) is 6.08 Å². The number of carbonyl (C=O) groups is 2. The molecule has 4 nitrogen and oxygen atoms in total. The smallest absolute Gasteiger partial charge is 0.352 e. The molecule has 126 valence electrons. The van der Waals surface area contributed by atoms with Gasteiger partial charge in [-0.25, -0.2) is 0 Å². The third-order valence-corrected chi connectivity index (χ3v) is 3.04. The van der Waals surface area contributed by atoms with Crippen molar-refractivity contribution in [2.75, 3.05) is 17.7 Å². The fourth-order valence-corrected chi connectivity index (χ4v) is 1.81.